The maximum atomic E-state index is 12.3. The van der Waals surface area contributed by atoms with Crippen molar-refractivity contribution in [3.05, 3.63) is 57.4 Å². The van der Waals surface area contributed by atoms with Gasteiger partial charge < -0.3 is 14.8 Å². The Balaban J connectivity index is 1.44. The van der Waals surface area contributed by atoms with Crippen LogP contribution in [0.1, 0.15) is 5.56 Å². The van der Waals surface area contributed by atoms with Crippen molar-refractivity contribution in [2.24, 2.45) is 0 Å². The Kier molecular flexibility index (Phi) is 4.72. The summed E-state index contributed by atoms with van der Waals surface area (Å²) in [5, 5.41) is 6.23. The van der Waals surface area contributed by atoms with Crippen LogP contribution < -0.4 is 14.8 Å². The molecule has 0 saturated carbocycles. The molecule has 0 radical (unpaired) electrons. The number of halogens is 2. The van der Waals surface area contributed by atoms with E-state index in [1.807, 2.05) is 17.5 Å². The summed E-state index contributed by atoms with van der Waals surface area (Å²) in [6, 6.07) is 10.7. The molecule has 1 aromatic heterocycles. The molecular formula is C18H12Cl2N2O3S. The quantitative estimate of drug-likeness (QED) is 0.659. The first-order valence-corrected chi connectivity index (χ1v) is 9.31. The average Bonchev–Trinajstić information content (AvgIpc) is 3.23. The molecule has 26 heavy (non-hydrogen) atoms. The normalized spacial score (nSPS) is 12.2. The second-order valence-corrected chi connectivity index (χ2v) is 7.28. The number of nitrogens with one attached hydrogen (secondary N) is 1. The molecule has 0 aliphatic carbocycles. The van der Waals surface area contributed by atoms with Crippen molar-refractivity contribution in [3.63, 3.8) is 0 Å². The van der Waals surface area contributed by atoms with Crippen molar-refractivity contribution in [3.8, 4) is 22.8 Å². The van der Waals surface area contributed by atoms with Crippen molar-refractivity contribution in [1.82, 2.24) is 4.98 Å². The third kappa shape index (κ3) is 3.62. The van der Waals surface area contributed by atoms with Crippen LogP contribution in [0.3, 0.4) is 0 Å². The molecule has 0 unspecified atom stereocenters. The summed E-state index contributed by atoms with van der Waals surface area (Å²) >= 11 is 13.5. The fourth-order valence-corrected chi connectivity index (χ4v) is 3.78. The first kappa shape index (κ1) is 17.1. The second-order valence-electron chi connectivity index (χ2n) is 5.57. The minimum Gasteiger partial charge on any atom is -0.454 e. The lowest BCUT2D eigenvalue weighted by atomic mass is 10.1. The van der Waals surface area contributed by atoms with Gasteiger partial charge in [-0.15, -0.1) is 11.3 Å². The van der Waals surface area contributed by atoms with Gasteiger partial charge in [-0.3, -0.25) is 4.79 Å². The van der Waals surface area contributed by atoms with Crippen LogP contribution in [-0.4, -0.2) is 17.7 Å². The number of hydrogen-bond donors (Lipinski definition) is 1. The summed E-state index contributed by atoms with van der Waals surface area (Å²) in [7, 11) is 0. The number of anilines is 1. The Morgan fingerprint density at radius 3 is 2.85 bits per heavy atom. The lowest BCUT2D eigenvalue weighted by molar-refractivity contribution is -0.115. The molecule has 0 atom stereocenters. The smallest absolute Gasteiger partial charge is 0.231 e. The second kappa shape index (κ2) is 7.15. The molecule has 0 bridgehead atoms. The molecule has 1 amide bonds. The number of benzene rings is 2. The summed E-state index contributed by atoms with van der Waals surface area (Å²) in [6.45, 7) is 0.208. The van der Waals surface area contributed by atoms with E-state index in [9.17, 15) is 4.79 Å². The van der Waals surface area contributed by atoms with E-state index in [2.05, 4.69) is 10.3 Å². The van der Waals surface area contributed by atoms with Crippen LogP contribution in [-0.2, 0) is 11.2 Å². The number of carbonyl (C=O) groups excluding carboxylic acids is 1. The Bertz CT molecular complexity index is 990. The molecule has 132 valence electrons. The summed E-state index contributed by atoms with van der Waals surface area (Å²) in [4.78, 5) is 16.7. The number of ether oxygens (including phenoxy) is 2. The van der Waals surface area contributed by atoms with Gasteiger partial charge in [-0.05, 0) is 35.9 Å². The van der Waals surface area contributed by atoms with Crippen LogP contribution >= 0.6 is 34.5 Å². The number of amides is 1. The van der Waals surface area contributed by atoms with Gasteiger partial charge in [0.05, 0.1) is 17.1 Å². The Morgan fingerprint density at radius 1 is 1.15 bits per heavy atom. The van der Waals surface area contributed by atoms with Crippen molar-refractivity contribution in [2.75, 3.05) is 12.1 Å². The molecule has 0 fully saturated rings. The monoisotopic (exact) mass is 406 g/mol. The minimum absolute atomic E-state index is 0.160. The largest absolute Gasteiger partial charge is 0.454 e. The Labute approximate surface area is 163 Å². The third-order valence-electron chi connectivity index (χ3n) is 3.76. The zero-order valence-corrected chi connectivity index (χ0v) is 15.6. The van der Waals surface area contributed by atoms with Crippen LogP contribution in [0.2, 0.25) is 10.0 Å². The van der Waals surface area contributed by atoms with Gasteiger partial charge >= 0.3 is 0 Å². The number of aromatic nitrogens is 1. The highest BCUT2D eigenvalue weighted by Crippen LogP contribution is 2.34. The van der Waals surface area contributed by atoms with Crippen molar-refractivity contribution >= 4 is 45.6 Å². The molecule has 1 aliphatic heterocycles. The van der Waals surface area contributed by atoms with Gasteiger partial charge in [0.15, 0.2) is 16.6 Å². The van der Waals surface area contributed by atoms with E-state index < -0.39 is 0 Å². The van der Waals surface area contributed by atoms with E-state index >= 15 is 0 Å². The standard InChI is InChI=1S/C18H12Cl2N2O3S/c19-11-2-3-12(13(20)7-11)14-8-26-18(21-14)22-17(23)6-10-1-4-15-16(5-10)25-9-24-15/h1-5,7-8H,6,9H2,(H,21,22,23). The topological polar surface area (TPSA) is 60.5 Å². The molecule has 2 aromatic carbocycles. The molecule has 5 nitrogen and oxygen atoms in total. The number of fused-ring (bicyclic) bond motifs is 1. The van der Waals surface area contributed by atoms with Gasteiger partial charge in [0.25, 0.3) is 0 Å². The first-order valence-electron chi connectivity index (χ1n) is 7.68. The number of thiazole rings is 1. The zero-order chi connectivity index (χ0) is 18.1. The molecule has 3 aromatic rings. The molecule has 0 spiro atoms. The minimum atomic E-state index is -0.160. The van der Waals surface area contributed by atoms with E-state index in [4.69, 9.17) is 32.7 Å². The number of hydrogen-bond acceptors (Lipinski definition) is 5. The Hall–Kier alpha value is -2.28. The fraction of sp³-hybridized carbons (Fsp3) is 0.111. The molecule has 0 saturated heterocycles. The molecular weight excluding hydrogens is 395 g/mol. The highest BCUT2D eigenvalue weighted by atomic mass is 35.5. The SMILES string of the molecule is O=C(Cc1ccc2c(c1)OCO2)Nc1nc(-c2ccc(Cl)cc2Cl)cs1. The number of carbonyl (C=O) groups is 1. The average molecular weight is 407 g/mol. The summed E-state index contributed by atoms with van der Waals surface area (Å²) in [5.41, 5.74) is 2.29. The zero-order valence-electron chi connectivity index (χ0n) is 13.3. The number of rotatable bonds is 4. The van der Waals surface area contributed by atoms with Gasteiger partial charge in [-0.1, -0.05) is 29.3 Å². The highest BCUT2D eigenvalue weighted by molar-refractivity contribution is 7.14. The van der Waals surface area contributed by atoms with E-state index in [0.717, 1.165) is 11.1 Å². The van der Waals surface area contributed by atoms with Gasteiger partial charge in [0.1, 0.15) is 0 Å². The Morgan fingerprint density at radius 2 is 2.00 bits per heavy atom. The van der Waals surface area contributed by atoms with Crippen LogP contribution in [0.5, 0.6) is 11.5 Å². The van der Waals surface area contributed by atoms with E-state index in [0.29, 0.717) is 32.4 Å². The number of nitrogens with zero attached hydrogens (tertiary/aromatic N) is 1. The lowest BCUT2D eigenvalue weighted by Gasteiger charge is -2.04. The van der Waals surface area contributed by atoms with Crippen LogP contribution in [0.15, 0.2) is 41.8 Å². The lowest BCUT2D eigenvalue weighted by Crippen LogP contribution is -2.14. The maximum absolute atomic E-state index is 12.3. The van der Waals surface area contributed by atoms with Gasteiger partial charge in [0.2, 0.25) is 12.7 Å². The van der Waals surface area contributed by atoms with Gasteiger partial charge in [-0.2, -0.15) is 0 Å². The first-order chi connectivity index (χ1) is 12.6. The van der Waals surface area contributed by atoms with E-state index in [1.165, 1.54) is 11.3 Å². The van der Waals surface area contributed by atoms with Crippen LogP contribution in [0.25, 0.3) is 11.3 Å². The molecule has 1 N–H and O–H groups in total. The van der Waals surface area contributed by atoms with Crippen LogP contribution in [0.4, 0.5) is 5.13 Å². The molecule has 2 heterocycles. The van der Waals surface area contributed by atoms with Crippen molar-refractivity contribution in [2.45, 2.75) is 6.42 Å². The van der Waals surface area contributed by atoms with Crippen molar-refractivity contribution in [1.29, 1.82) is 0 Å². The van der Waals surface area contributed by atoms with Crippen molar-refractivity contribution < 1.29 is 14.3 Å². The predicted octanol–water partition coefficient (Wildman–Crippen LogP) is 5.03. The van der Waals surface area contributed by atoms with Crippen LogP contribution in [0, 0.1) is 0 Å². The predicted molar refractivity (Wildman–Crippen MR) is 102 cm³/mol. The highest BCUT2D eigenvalue weighted by Gasteiger charge is 2.15. The van der Waals surface area contributed by atoms with Gasteiger partial charge in [0, 0.05) is 16.0 Å². The third-order valence-corrected chi connectivity index (χ3v) is 5.06. The summed E-state index contributed by atoms with van der Waals surface area (Å²) in [6.07, 6.45) is 0.216. The summed E-state index contributed by atoms with van der Waals surface area (Å²) in [5.74, 6) is 1.19. The molecule has 4 rings (SSSR count). The summed E-state index contributed by atoms with van der Waals surface area (Å²) < 4.78 is 10.6. The van der Waals surface area contributed by atoms with E-state index in [-0.39, 0.29) is 19.1 Å². The maximum Gasteiger partial charge on any atom is 0.231 e. The van der Waals surface area contributed by atoms with Gasteiger partial charge in [-0.25, -0.2) is 4.98 Å². The fourth-order valence-electron chi connectivity index (χ4n) is 2.55. The molecule has 1 aliphatic rings. The van der Waals surface area contributed by atoms with E-state index in [1.54, 1.807) is 24.3 Å². The molecule has 8 heteroatoms.